The third-order valence-corrected chi connectivity index (χ3v) is 5.53. The minimum atomic E-state index is 0.564. The highest BCUT2D eigenvalue weighted by Crippen LogP contribution is 2.31. The van der Waals surface area contributed by atoms with Crippen LogP contribution in [0.15, 0.2) is 93.1 Å². The summed E-state index contributed by atoms with van der Waals surface area (Å²) in [6.07, 6.45) is 3.67. The van der Waals surface area contributed by atoms with E-state index >= 15 is 0 Å². The Balaban J connectivity index is 1.43. The average molecular weight is 452 g/mol. The van der Waals surface area contributed by atoms with Crippen LogP contribution in [-0.2, 0) is 4.79 Å². The van der Waals surface area contributed by atoms with Gasteiger partial charge in [0.25, 0.3) is 0 Å². The summed E-state index contributed by atoms with van der Waals surface area (Å²) >= 11 is 0. The molecule has 34 heavy (non-hydrogen) atoms. The van der Waals surface area contributed by atoms with Gasteiger partial charge in [0.1, 0.15) is 12.0 Å². The second-order valence-corrected chi connectivity index (χ2v) is 8.01. The molecule has 7 heteroatoms. The quantitative estimate of drug-likeness (QED) is 0.160. The Kier molecular flexibility index (Phi) is 7.41. The topological polar surface area (TPSA) is 79.0 Å². The Hall–Kier alpha value is -4.31. The van der Waals surface area contributed by atoms with Gasteiger partial charge in [-0.05, 0) is 98.5 Å². The van der Waals surface area contributed by atoms with Crippen molar-refractivity contribution in [1.82, 2.24) is 0 Å². The lowest BCUT2D eigenvalue weighted by molar-refractivity contribution is 0.482. The van der Waals surface area contributed by atoms with Crippen molar-refractivity contribution in [3.05, 3.63) is 83.8 Å². The van der Waals surface area contributed by atoms with Gasteiger partial charge in [-0.25, -0.2) is 4.79 Å². The van der Waals surface area contributed by atoms with Crippen LogP contribution in [0.25, 0.3) is 0 Å². The van der Waals surface area contributed by atoms with E-state index in [1.54, 1.807) is 24.3 Å². The highest BCUT2D eigenvalue weighted by molar-refractivity contribution is 5.59. The molecule has 0 amide bonds. The molecule has 1 aliphatic rings. The zero-order valence-electron chi connectivity index (χ0n) is 19.2. The largest absolute Gasteiger partial charge is 0.456 e. The monoisotopic (exact) mass is 451 g/mol. The number of nitrogens with zero attached hydrogens (tertiary/aromatic N) is 5. The van der Waals surface area contributed by atoms with Gasteiger partial charge in [0.15, 0.2) is 5.94 Å². The van der Waals surface area contributed by atoms with Crippen LogP contribution < -0.4 is 9.64 Å². The summed E-state index contributed by atoms with van der Waals surface area (Å²) in [5.74, 6) is 2.06. The fraction of sp³-hybridized carbons (Fsp3) is 0.222. The first-order valence-corrected chi connectivity index (χ1v) is 11.1. The Morgan fingerprint density at radius 3 is 1.85 bits per heavy atom. The van der Waals surface area contributed by atoms with Crippen LogP contribution >= 0.6 is 0 Å². The molecule has 0 N–H and O–H groups in total. The summed E-state index contributed by atoms with van der Waals surface area (Å²) in [4.78, 5) is 12.5. The van der Waals surface area contributed by atoms with Crippen molar-refractivity contribution >= 4 is 34.4 Å². The molecule has 0 spiro atoms. The van der Waals surface area contributed by atoms with Gasteiger partial charge in [-0.3, -0.25) is 0 Å². The SMILES string of the molecule is Cc1cc(/N=N/c2ccc(N3CCCC3)cc2)c(C)cc1/N=N/c1ccc(OC=C=C=O)cc1. The molecule has 170 valence electrons. The van der Waals surface area contributed by atoms with E-state index < -0.39 is 0 Å². The van der Waals surface area contributed by atoms with Gasteiger partial charge >= 0.3 is 0 Å². The molecule has 0 atom stereocenters. The maximum absolute atomic E-state index is 10.1. The lowest BCUT2D eigenvalue weighted by Gasteiger charge is -2.17. The second kappa shape index (κ2) is 11.0. The predicted octanol–water partition coefficient (Wildman–Crippen LogP) is 7.61. The average Bonchev–Trinajstić information content (AvgIpc) is 3.40. The van der Waals surface area contributed by atoms with Gasteiger partial charge in [0.05, 0.1) is 22.7 Å². The number of benzene rings is 3. The Labute approximate surface area is 198 Å². The molecule has 0 saturated carbocycles. The minimum Gasteiger partial charge on any atom is -0.456 e. The molecule has 1 aliphatic heterocycles. The molecule has 3 aromatic carbocycles. The van der Waals surface area contributed by atoms with Crippen LogP contribution in [0.4, 0.5) is 28.4 Å². The van der Waals surface area contributed by atoms with Gasteiger partial charge in [-0.2, -0.15) is 20.5 Å². The smallest absolute Gasteiger partial charge is 0.180 e. The molecule has 4 rings (SSSR count). The molecule has 0 bridgehead atoms. The number of hydrogen-bond acceptors (Lipinski definition) is 7. The van der Waals surface area contributed by atoms with Crippen molar-refractivity contribution in [2.45, 2.75) is 26.7 Å². The normalized spacial score (nSPS) is 13.3. The molecule has 0 aliphatic carbocycles. The summed E-state index contributed by atoms with van der Waals surface area (Å²) in [5, 5.41) is 17.6. The molecular formula is C27H25N5O2. The predicted molar refractivity (Wildman–Crippen MR) is 133 cm³/mol. The molecule has 1 fully saturated rings. The first kappa shape index (κ1) is 22.9. The van der Waals surface area contributed by atoms with Gasteiger partial charge < -0.3 is 9.64 Å². The fourth-order valence-electron chi connectivity index (χ4n) is 3.64. The van der Waals surface area contributed by atoms with E-state index in [9.17, 15) is 4.79 Å². The van der Waals surface area contributed by atoms with Crippen LogP contribution in [0.3, 0.4) is 0 Å². The Morgan fingerprint density at radius 1 is 0.794 bits per heavy atom. The molecule has 0 aromatic heterocycles. The number of aryl methyl sites for hydroxylation is 2. The van der Waals surface area contributed by atoms with E-state index in [4.69, 9.17) is 4.74 Å². The lowest BCUT2D eigenvalue weighted by Crippen LogP contribution is -2.17. The summed E-state index contributed by atoms with van der Waals surface area (Å²) in [6, 6.07) is 19.2. The maximum atomic E-state index is 10.1. The minimum absolute atomic E-state index is 0.564. The zero-order chi connectivity index (χ0) is 23.8. The summed E-state index contributed by atoms with van der Waals surface area (Å²) < 4.78 is 5.20. The van der Waals surface area contributed by atoms with Gasteiger partial charge in [-0.1, -0.05) is 0 Å². The third-order valence-electron chi connectivity index (χ3n) is 5.53. The lowest BCUT2D eigenvalue weighted by atomic mass is 10.1. The third kappa shape index (κ3) is 5.93. The highest BCUT2D eigenvalue weighted by atomic mass is 16.5. The maximum Gasteiger partial charge on any atom is 0.180 e. The summed E-state index contributed by atoms with van der Waals surface area (Å²) in [6.45, 7) is 6.21. The van der Waals surface area contributed by atoms with Gasteiger partial charge in [0, 0.05) is 24.5 Å². The number of azo groups is 2. The van der Waals surface area contributed by atoms with Crippen molar-refractivity contribution in [3.63, 3.8) is 0 Å². The van der Waals surface area contributed by atoms with Crippen molar-refractivity contribution in [2.75, 3.05) is 18.0 Å². The van der Waals surface area contributed by atoms with Crippen LogP contribution in [0.2, 0.25) is 0 Å². The summed E-state index contributed by atoms with van der Waals surface area (Å²) in [7, 11) is 0. The van der Waals surface area contributed by atoms with Crippen LogP contribution in [0.5, 0.6) is 5.75 Å². The van der Waals surface area contributed by atoms with E-state index in [1.807, 2.05) is 38.1 Å². The van der Waals surface area contributed by atoms with Gasteiger partial charge in [0.2, 0.25) is 0 Å². The van der Waals surface area contributed by atoms with Gasteiger partial charge in [-0.15, -0.1) is 0 Å². The number of carbonyl (C=O) groups excluding carboxylic acids is 1. The van der Waals surface area contributed by atoms with Crippen LogP contribution in [-0.4, -0.2) is 19.0 Å². The molecule has 1 heterocycles. The number of anilines is 1. The Morgan fingerprint density at radius 2 is 1.32 bits per heavy atom. The van der Waals surface area contributed by atoms with E-state index in [2.05, 4.69) is 43.2 Å². The van der Waals surface area contributed by atoms with E-state index in [1.165, 1.54) is 24.5 Å². The standard InChI is InChI=1S/C27H25N5O2/c1-20-19-27(31-29-23-8-12-25(13-9-23)34-17-5-16-33)21(2)18-26(20)30-28-22-6-10-24(11-7-22)32-14-3-4-15-32/h6-13,17-19H,3-4,14-15H2,1-2H3/b30-28+,31-29+. The number of ether oxygens (including phenoxy) is 1. The highest BCUT2D eigenvalue weighted by Gasteiger charge is 2.11. The molecule has 7 nitrogen and oxygen atoms in total. The van der Waals surface area contributed by atoms with Crippen LogP contribution in [0.1, 0.15) is 24.0 Å². The number of hydrogen-bond donors (Lipinski definition) is 0. The molecule has 0 radical (unpaired) electrons. The van der Waals surface area contributed by atoms with E-state index in [0.717, 1.165) is 47.5 Å². The first-order chi connectivity index (χ1) is 16.6. The van der Waals surface area contributed by atoms with Crippen molar-refractivity contribution in [3.8, 4) is 5.75 Å². The van der Waals surface area contributed by atoms with E-state index in [-0.39, 0.29) is 0 Å². The molecular weight excluding hydrogens is 426 g/mol. The van der Waals surface area contributed by atoms with E-state index in [0.29, 0.717) is 11.4 Å². The fourth-order valence-corrected chi connectivity index (χ4v) is 3.64. The first-order valence-electron chi connectivity index (χ1n) is 11.1. The van der Waals surface area contributed by atoms with Crippen molar-refractivity contribution in [1.29, 1.82) is 0 Å². The molecule has 3 aromatic rings. The van der Waals surface area contributed by atoms with Crippen LogP contribution in [0, 0.1) is 13.8 Å². The van der Waals surface area contributed by atoms with Crippen molar-refractivity contribution in [2.24, 2.45) is 20.5 Å². The Bertz CT molecular complexity index is 1280. The molecule has 0 unspecified atom stereocenters. The zero-order valence-corrected chi connectivity index (χ0v) is 19.2. The number of rotatable bonds is 7. The second-order valence-electron chi connectivity index (χ2n) is 8.01. The van der Waals surface area contributed by atoms with Crippen molar-refractivity contribution < 1.29 is 9.53 Å². The molecule has 1 saturated heterocycles. The summed E-state index contributed by atoms with van der Waals surface area (Å²) in [5.41, 5.74) is 8.44.